The van der Waals surface area contributed by atoms with Crippen LogP contribution in [0.5, 0.6) is 0 Å². The predicted octanol–water partition coefficient (Wildman–Crippen LogP) is 2.24. The van der Waals surface area contributed by atoms with Gasteiger partial charge in [-0.3, -0.25) is 4.57 Å². The van der Waals surface area contributed by atoms with Crippen molar-refractivity contribution in [1.82, 2.24) is 14.8 Å². The Morgan fingerprint density at radius 3 is 2.53 bits per heavy atom. The van der Waals surface area contributed by atoms with Crippen LogP contribution in [0.25, 0.3) is 5.69 Å². The molecule has 2 aromatic rings. The summed E-state index contributed by atoms with van der Waals surface area (Å²) in [5, 5.41) is 8.44. The lowest BCUT2D eigenvalue weighted by Crippen LogP contribution is -2.10. The van der Waals surface area contributed by atoms with E-state index in [-0.39, 0.29) is 0 Å². The largest absolute Gasteiger partial charge is 0.324 e. The second kappa shape index (κ2) is 5.10. The summed E-state index contributed by atoms with van der Waals surface area (Å²) in [4.78, 5) is 0. The maximum absolute atomic E-state index is 5.72. The van der Waals surface area contributed by atoms with E-state index in [0.717, 1.165) is 23.8 Å². The number of rotatable bonds is 4. The highest BCUT2D eigenvalue weighted by molar-refractivity contribution is 5.34. The van der Waals surface area contributed by atoms with E-state index in [0.29, 0.717) is 12.5 Å². The molecule has 4 nitrogen and oxygen atoms in total. The first-order valence-electron chi connectivity index (χ1n) is 5.97. The first-order valence-corrected chi connectivity index (χ1v) is 5.97. The average molecular weight is 230 g/mol. The standard InChI is InChI=1S/C13H18N4/c1-3-10(2)13-16-15-12(9-14)17(13)11-7-5-4-6-8-11/h4-8,10H,3,9,14H2,1-2H3. The molecule has 0 fully saturated rings. The van der Waals surface area contributed by atoms with Gasteiger partial charge in [-0.25, -0.2) is 0 Å². The molecule has 0 amide bonds. The molecule has 1 heterocycles. The fraction of sp³-hybridized carbons (Fsp3) is 0.385. The molecule has 1 unspecified atom stereocenters. The summed E-state index contributed by atoms with van der Waals surface area (Å²) in [6.45, 7) is 4.71. The summed E-state index contributed by atoms with van der Waals surface area (Å²) in [5.41, 5.74) is 6.80. The molecule has 0 saturated carbocycles. The van der Waals surface area contributed by atoms with Crippen LogP contribution < -0.4 is 5.73 Å². The van der Waals surface area contributed by atoms with Crippen LogP contribution in [-0.2, 0) is 6.54 Å². The maximum atomic E-state index is 5.72. The number of aromatic nitrogens is 3. The van der Waals surface area contributed by atoms with E-state index in [2.05, 4.69) is 40.7 Å². The molecule has 0 aliphatic heterocycles. The van der Waals surface area contributed by atoms with Crippen LogP contribution >= 0.6 is 0 Å². The first-order chi connectivity index (χ1) is 8.27. The Morgan fingerprint density at radius 2 is 1.94 bits per heavy atom. The lowest BCUT2D eigenvalue weighted by molar-refractivity contribution is 0.657. The molecular formula is C13H18N4. The Hall–Kier alpha value is -1.68. The Kier molecular flexibility index (Phi) is 3.54. The van der Waals surface area contributed by atoms with Crippen molar-refractivity contribution in [3.05, 3.63) is 42.0 Å². The number of nitrogens with two attached hydrogens (primary N) is 1. The van der Waals surface area contributed by atoms with Crippen molar-refractivity contribution < 1.29 is 0 Å². The van der Waals surface area contributed by atoms with Crippen molar-refractivity contribution in [2.45, 2.75) is 32.7 Å². The molecule has 1 aromatic carbocycles. The quantitative estimate of drug-likeness (QED) is 0.876. The van der Waals surface area contributed by atoms with Crippen LogP contribution in [0, 0.1) is 0 Å². The molecular weight excluding hydrogens is 212 g/mol. The van der Waals surface area contributed by atoms with E-state index in [1.807, 2.05) is 18.2 Å². The van der Waals surface area contributed by atoms with Gasteiger partial charge in [0.2, 0.25) is 0 Å². The molecule has 0 spiro atoms. The zero-order valence-corrected chi connectivity index (χ0v) is 10.3. The van der Waals surface area contributed by atoms with Gasteiger partial charge in [0, 0.05) is 11.6 Å². The van der Waals surface area contributed by atoms with Gasteiger partial charge in [-0.1, -0.05) is 32.0 Å². The number of hydrogen-bond donors (Lipinski definition) is 1. The normalized spacial score (nSPS) is 12.6. The molecule has 0 bridgehead atoms. The van der Waals surface area contributed by atoms with Gasteiger partial charge in [0.1, 0.15) is 5.82 Å². The van der Waals surface area contributed by atoms with Crippen molar-refractivity contribution in [3.8, 4) is 5.69 Å². The summed E-state index contributed by atoms with van der Waals surface area (Å²) in [5.74, 6) is 2.17. The molecule has 2 rings (SSSR count). The lowest BCUT2D eigenvalue weighted by atomic mass is 10.1. The van der Waals surface area contributed by atoms with Crippen LogP contribution in [0.2, 0.25) is 0 Å². The topological polar surface area (TPSA) is 56.7 Å². The first kappa shape index (κ1) is 11.8. The maximum Gasteiger partial charge on any atom is 0.151 e. The fourth-order valence-electron chi connectivity index (χ4n) is 1.82. The second-order valence-corrected chi connectivity index (χ2v) is 4.16. The number of hydrogen-bond acceptors (Lipinski definition) is 3. The molecule has 4 heteroatoms. The van der Waals surface area contributed by atoms with Crippen molar-refractivity contribution >= 4 is 0 Å². The van der Waals surface area contributed by atoms with Gasteiger partial charge in [0.15, 0.2) is 5.82 Å². The van der Waals surface area contributed by atoms with Gasteiger partial charge in [-0.2, -0.15) is 0 Å². The van der Waals surface area contributed by atoms with Gasteiger partial charge in [-0.15, -0.1) is 10.2 Å². The van der Waals surface area contributed by atoms with E-state index in [9.17, 15) is 0 Å². The number of nitrogens with zero attached hydrogens (tertiary/aromatic N) is 3. The summed E-state index contributed by atoms with van der Waals surface area (Å²) >= 11 is 0. The fourth-order valence-corrected chi connectivity index (χ4v) is 1.82. The highest BCUT2D eigenvalue weighted by Crippen LogP contribution is 2.21. The average Bonchev–Trinajstić information content (AvgIpc) is 2.82. The summed E-state index contributed by atoms with van der Waals surface area (Å²) in [6, 6.07) is 10.1. The van der Waals surface area contributed by atoms with E-state index < -0.39 is 0 Å². The summed E-state index contributed by atoms with van der Waals surface area (Å²) in [6.07, 6.45) is 1.04. The smallest absolute Gasteiger partial charge is 0.151 e. The SMILES string of the molecule is CCC(C)c1nnc(CN)n1-c1ccccc1. The highest BCUT2D eigenvalue weighted by atomic mass is 15.3. The molecule has 1 aromatic heterocycles. The van der Waals surface area contributed by atoms with Gasteiger partial charge in [-0.05, 0) is 18.6 Å². The predicted molar refractivity (Wildman–Crippen MR) is 68.0 cm³/mol. The molecule has 0 radical (unpaired) electrons. The van der Waals surface area contributed by atoms with Gasteiger partial charge in [0.05, 0.1) is 6.54 Å². The minimum atomic E-state index is 0.378. The molecule has 17 heavy (non-hydrogen) atoms. The third-order valence-electron chi connectivity index (χ3n) is 3.01. The minimum absolute atomic E-state index is 0.378. The van der Waals surface area contributed by atoms with Crippen LogP contribution in [0.3, 0.4) is 0 Å². The van der Waals surface area contributed by atoms with Crippen molar-refractivity contribution in [1.29, 1.82) is 0 Å². The van der Waals surface area contributed by atoms with Crippen LogP contribution in [0.1, 0.15) is 37.8 Å². The number of para-hydroxylation sites is 1. The zero-order chi connectivity index (χ0) is 12.3. The van der Waals surface area contributed by atoms with Crippen molar-refractivity contribution in [2.75, 3.05) is 0 Å². The zero-order valence-electron chi connectivity index (χ0n) is 10.3. The highest BCUT2D eigenvalue weighted by Gasteiger charge is 2.16. The monoisotopic (exact) mass is 230 g/mol. The van der Waals surface area contributed by atoms with Crippen LogP contribution in [0.4, 0.5) is 0 Å². The Balaban J connectivity index is 2.54. The van der Waals surface area contributed by atoms with E-state index >= 15 is 0 Å². The molecule has 0 saturated heterocycles. The molecule has 0 aliphatic carbocycles. The number of benzene rings is 1. The molecule has 0 aliphatic rings. The van der Waals surface area contributed by atoms with Gasteiger partial charge in [0.25, 0.3) is 0 Å². The van der Waals surface area contributed by atoms with E-state index in [4.69, 9.17) is 5.73 Å². The van der Waals surface area contributed by atoms with Crippen molar-refractivity contribution in [2.24, 2.45) is 5.73 Å². The second-order valence-electron chi connectivity index (χ2n) is 4.16. The lowest BCUT2D eigenvalue weighted by Gasteiger charge is -2.13. The van der Waals surface area contributed by atoms with Crippen molar-refractivity contribution in [3.63, 3.8) is 0 Å². The summed E-state index contributed by atoms with van der Waals surface area (Å²) < 4.78 is 2.06. The van der Waals surface area contributed by atoms with Gasteiger partial charge >= 0.3 is 0 Å². The minimum Gasteiger partial charge on any atom is -0.324 e. The summed E-state index contributed by atoms with van der Waals surface area (Å²) in [7, 11) is 0. The van der Waals surface area contributed by atoms with Crippen LogP contribution in [-0.4, -0.2) is 14.8 Å². The van der Waals surface area contributed by atoms with Gasteiger partial charge < -0.3 is 5.73 Å². The van der Waals surface area contributed by atoms with Crippen LogP contribution in [0.15, 0.2) is 30.3 Å². The van der Waals surface area contributed by atoms with E-state index in [1.54, 1.807) is 0 Å². The van der Waals surface area contributed by atoms with E-state index in [1.165, 1.54) is 0 Å². The Morgan fingerprint density at radius 1 is 1.24 bits per heavy atom. The third-order valence-corrected chi connectivity index (χ3v) is 3.01. The molecule has 2 N–H and O–H groups in total. The molecule has 90 valence electrons. The molecule has 1 atom stereocenters. The Bertz CT molecular complexity index is 475. The third kappa shape index (κ3) is 2.22. The Labute approximate surface area is 101 Å².